The number of aliphatic carboxylic acids is 1. The highest BCUT2D eigenvalue weighted by Crippen LogP contribution is 2.19. The topological polar surface area (TPSA) is 187 Å². The molecule has 8 N–H and O–H groups in total. The molecule has 5 atom stereocenters. The molecular weight excluding hydrogens is 514 g/mol. The minimum atomic E-state index is -1.36. The van der Waals surface area contributed by atoms with E-state index in [1.54, 1.807) is 43.5 Å². The van der Waals surface area contributed by atoms with Crippen LogP contribution in [0, 0.1) is 5.92 Å². The SMILES string of the molecule is CCC(C)C(N)C(=O)NC(CO)C(=O)NC(Cc1c[nH]c2ccccc12)C(=O)NC(Cc1ccccc1)C(=O)O. The van der Waals surface area contributed by atoms with Crippen LogP contribution in [-0.2, 0) is 32.0 Å². The van der Waals surface area contributed by atoms with Crippen molar-refractivity contribution in [3.05, 3.63) is 71.9 Å². The number of aliphatic hydroxyl groups excluding tert-OH is 1. The Balaban J connectivity index is 1.82. The molecule has 3 amide bonds. The van der Waals surface area contributed by atoms with E-state index in [2.05, 4.69) is 20.9 Å². The molecule has 0 aliphatic heterocycles. The van der Waals surface area contributed by atoms with Gasteiger partial charge in [0.15, 0.2) is 0 Å². The Morgan fingerprint density at radius 3 is 2.10 bits per heavy atom. The second-order valence-electron chi connectivity index (χ2n) is 9.87. The van der Waals surface area contributed by atoms with E-state index >= 15 is 0 Å². The number of nitrogens with two attached hydrogens (primary N) is 1. The van der Waals surface area contributed by atoms with Gasteiger partial charge in [0.25, 0.3) is 0 Å². The van der Waals surface area contributed by atoms with Crippen LogP contribution in [-0.4, -0.2) is 69.7 Å². The first kappa shape index (κ1) is 30.3. The second kappa shape index (κ2) is 14.2. The summed E-state index contributed by atoms with van der Waals surface area (Å²) >= 11 is 0. The fourth-order valence-electron chi connectivity index (χ4n) is 4.30. The van der Waals surface area contributed by atoms with Crippen molar-refractivity contribution in [1.29, 1.82) is 0 Å². The van der Waals surface area contributed by atoms with Crippen LogP contribution in [0.3, 0.4) is 0 Å². The van der Waals surface area contributed by atoms with Crippen LogP contribution in [0.25, 0.3) is 10.9 Å². The average molecular weight is 552 g/mol. The van der Waals surface area contributed by atoms with E-state index < -0.39 is 54.5 Å². The van der Waals surface area contributed by atoms with Gasteiger partial charge in [-0.2, -0.15) is 0 Å². The Kier molecular flexibility index (Phi) is 10.8. The summed E-state index contributed by atoms with van der Waals surface area (Å²) < 4.78 is 0. The number of hydrogen-bond acceptors (Lipinski definition) is 6. The number of H-pyrrole nitrogens is 1. The predicted octanol–water partition coefficient (Wildman–Crippen LogP) is 0.858. The number of aromatic amines is 1. The number of para-hydroxylation sites is 1. The quantitative estimate of drug-likeness (QED) is 0.155. The van der Waals surface area contributed by atoms with Crippen molar-refractivity contribution in [2.75, 3.05) is 6.61 Å². The van der Waals surface area contributed by atoms with Crippen molar-refractivity contribution in [3.8, 4) is 0 Å². The minimum Gasteiger partial charge on any atom is -0.480 e. The number of fused-ring (bicyclic) bond motifs is 1. The summed E-state index contributed by atoms with van der Waals surface area (Å²) in [6.45, 7) is 2.95. The van der Waals surface area contributed by atoms with Crippen molar-refractivity contribution in [2.45, 2.75) is 57.3 Å². The molecule has 5 unspecified atom stereocenters. The lowest BCUT2D eigenvalue weighted by Crippen LogP contribution is -2.59. The molecule has 11 heteroatoms. The summed E-state index contributed by atoms with van der Waals surface area (Å²) in [4.78, 5) is 54.3. The van der Waals surface area contributed by atoms with Gasteiger partial charge in [0.2, 0.25) is 17.7 Å². The van der Waals surface area contributed by atoms with Gasteiger partial charge in [0.05, 0.1) is 12.6 Å². The highest BCUT2D eigenvalue weighted by molar-refractivity contribution is 5.95. The molecular formula is C29H37N5O6. The lowest BCUT2D eigenvalue weighted by molar-refractivity contribution is -0.142. The molecule has 3 rings (SSSR count). The van der Waals surface area contributed by atoms with Crippen LogP contribution in [0.4, 0.5) is 0 Å². The summed E-state index contributed by atoms with van der Waals surface area (Å²) in [7, 11) is 0. The molecule has 0 aliphatic carbocycles. The molecule has 3 aromatic rings. The van der Waals surface area contributed by atoms with Gasteiger partial charge < -0.3 is 36.9 Å². The number of carboxylic acid groups (broad SMARTS) is 1. The number of carboxylic acids is 1. The molecule has 0 saturated heterocycles. The highest BCUT2D eigenvalue weighted by atomic mass is 16.4. The molecule has 0 aliphatic rings. The third-order valence-corrected chi connectivity index (χ3v) is 7.00. The van der Waals surface area contributed by atoms with Crippen LogP contribution >= 0.6 is 0 Å². The molecule has 40 heavy (non-hydrogen) atoms. The van der Waals surface area contributed by atoms with Gasteiger partial charge in [-0.25, -0.2) is 4.79 Å². The van der Waals surface area contributed by atoms with E-state index in [9.17, 15) is 29.4 Å². The molecule has 0 spiro atoms. The van der Waals surface area contributed by atoms with Crippen molar-refractivity contribution in [3.63, 3.8) is 0 Å². The Morgan fingerprint density at radius 1 is 0.850 bits per heavy atom. The molecule has 0 radical (unpaired) electrons. The van der Waals surface area contributed by atoms with Crippen molar-refractivity contribution >= 4 is 34.6 Å². The number of nitrogens with one attached hydrogen (secondary N) is 4. The first-order chi connectivity index (χ1) is 19.1. The van der Waals surface area contributed by atoms with Gasteiger partial charge in [-0.1, -0.05) is 68.8 Å². The lowest BCUT2D eigenvalue weighted by atomic mass is 9.99. The van der Waals surface area contributed by atoms with Crippen molar-refractivity contribution in [2.24, 2.45) is 11.7 Å². The monoisotopic (exact) mass is 551 g/mol. The van der Waals surface area contributed by atoms with Gasteiger partial charge in [-0.05, 0) is 23.1 Å². The third kappa shape index (κ3) is 7.90. The van der Waals surface area contributed by atoms with Crippen LogP contribution in [0.1, 0.15) is 31.4 Å². The van der Waals surface area contributed by atoms with Gasteiger partial charge in [-0.3, -0.25) is 14.4 Å². The number of benzene rings is 2. The zero-order valence-electron chi connectivity index (χ0n) is 22.6. The molecule has 2 aromatic carbocycles. The number of aromatic nitrogens is 1. The summed E-state index contributed by atoms with van der Waals surface area (Å²) in [6.07, 6.45) is 2.42. The average Bonchev–Trinajstić information content (AvgIpc) is 3.37. The number of rotatable bonds is 14. The minimum absolute atomic E-state index is 0.0255. The Morgan fingerprint density at radius 2 is 1.45 bits per heavy atom. The first-order valence-corrected chi connectivity index (χ1v) is 13.2. The van der Waals surface area contributed by atoms with E-state index in [1.807, 2.05) is 31.2 Å². The van der Waals surface area contributed by atoms with Crippen LogP contribution in [0.5, 0.6) is 0 Å². The van der Waals surface area contributed by atoms with Crippen molar-refractivity contribution < 1.29 is 29.4 Å². The molecule has 214 valence electrons. The summed E-state index contributed by atoms with van der Waals surface area (Å²) in [6, 6.07) is 11.6. The fourth-order valence-corrected chi connectivity index (χ4v) is 4.30. The maximum absolute atomic E-state index is 13.4. The highest BCUT2D eigenvalue weighted by Gasteiger charge is 2.31. The smallest absolute Gasteiger partial charge is 0.326 e. The maximum Gasteiger partial charge on any atom is 0.326 e. The first-order valence-electron chi connectivity index (χ1n) is 13.2. The standard InChI is InChI=1S/C29H37N5O6/c1-3-17(2)25(30)28(38)34-24(16-35)27(37)32-22(14-19-15-31-21-12-8-7-11-20(19)21)26(36)33-23(29(39)40)13-18-9-5-4-6-10-18/h4-12,15,17,22-25,31,35H,3,13-14,16,30H2,1-2H3,(H,32,37)(H,33,36)(H,34,38)(H,39,40). The number of hydrogen-bond donors (Lipinski definition) is 7. The lowest BCUT2D eigenvalue weighted by Gasteiger charge is -2.25. The fraction of sp³-hybridized carbons (Fsp3) is 0.379. The normalized spacial score (nSPS) is 14.9. The van der Waals surface area contributed by atoms with E-state index in [1.165, 1.54) is 0 Å². The van der Waals surface area contributed by atoms with Gasteiger partial charge >= 0.3 is 5.97 Å². The van der Waals surface area contributed by atoms with Crippen LogP contribution < -0.4 is 21.7 Å². The number of amides is 3. The number of aliphatic hydroxyl groups is 1. The Bertz CT molecular complexity index is 1310. The summed E-state index contributed by atoms with van der Waals surface area (Å²) in [5.74, 6) is -3.51. The van der Waals surface area contributed by atoms with Gasteiger partial charge in [0.1, 0.15) is 18.1 Å². The predicted molar refractivity (Wildman–Crippen MR) is 150 cm³/mol. The molecule has 0 bridgehead atoms. The zero-order chi connectivity index (χ0) is 29.2. The van der Waals surface area contributed by atoms with E-state index in [0.29, 0.717) is 12.0 Å². The Labute approximate surface area is 232 Å². The maximum atomic E-state index is 13.4. The summed E-state index contributed by atoms with van der Waals surface area (Å²) in [5, 5.41) is 28.1. The van der Waals surface area contributed by atoms with Gasteiger partial charge in [-0.15, -0.1) is 0 Å². The summed E-state index contributed by atoms with van der Waals surface area (Å²) in [5.41, 5.74) is 8.23. The number of carbonyl (C=O) groups excluding carboxylic acids is 3. The Hall–Kier alpha value is -4.22. The largest absolute Gasteiger partial charge is 0.480 e. The zero-order valence-corrected chi connectivity index (χ0v) is 22.6. The van der Waals surface area contributed by atoms with E-state index in [-0.39, 0.29) is 18.8 Å². The number of carbonyl (C=O) groups is 4. The molecule has 1 aromatic heterocycles. The molecule has 0 saturated carbocycles. The molecule has 11 nitrogen and oxygen atoms in total. The molecule has 1 heterocycles. The van der Waals surface area contributed by atoms with Gasteiger partial charge in [0, 0.05) is 29.9 Å². The van der Waals surface area contributed by atoms with Crippen LogP contribution in [0.15, 0.2) is 60.8 Å². The third-order valence-electron chi connectivity index (χ3n) is 7.00. The van der Waals surface area contributed by atoms with Crippen LogP contribution in [0.2, 0.25) is 0 Å². The second-order valence-corrected chi connectivity index (χ2v) is 9.87. The van der Waals surface area contributed by atoms with Crippen molar-refractivity contribution in [1.82, 2.24) is 20.9 Å². The van der Waals surface area contributed by atoms with E-state index in [4.69, 9.17) is 5.73 Å². The van der Waals surface area contributed by atoms with E-state index in [0.717, 1.165) is 16.5 Å². The molecule has 0 fully saturated rings.